The number of carbonyl (C=O) groups excluding carboxylic acids is 3. The normalized spacial score (nSPS) is 12.2. The van der Waals surface area contributed by atoms with Crippen LogP contribution in [0.5, 0.6) is 0 Å². The first-order valence-corrected chi connectivity index (χ1v) is 26.5. The summed E-state index contributed by atoms with van der Waals surface area (Å²) >= 11 is 0. The van der Waals surface area contributed by atoms with E-state index in [1.165, 1.54) is 180 Å². The first-order chi connectivity index (χ1) is 30.0. The molecule has 0 aromatic rings. The van der Waals surface area contributed by atoms with Crippen molar-refractivity contribution in [2.45, 2.75) is 284 Å². The lowest BCUT2D eigenvalue weighted by atomic mass is 10.1. The summed E-state index contributed by atoms with van der Waals surface area (Å²) < 4.78 is 16.8. The number of rotatable bonds is 48. The molecule has 0 saturated carbocycles. The van der Waals surface area contributed by atoms with E-state index in [4.69, 9.17) is 14.2 Å². The fourth-order valence-corrected chi connectivity index (χ4v) is 7.60. The largest absolute Gasteiger partial charge is 0.462 e. The van der Waals surface area contributed by atoms with Gasteiger partial charge in [-0.25, -0.2) is 0 Å². The minimum atomic E-state index is -0.771. The summed E-state index contributed by atoms with van der Waals surface area (Å²) in [5, 5.41) is 0. The van der Waals surface area contributed by atoms with Crippen LogP contribution < -0.4 is 0 Å². The summed E-state index contributed by atoms with van der Waals surface area (Å²) in [7, 11) is 0. The Bertz CT molecular complexity index is 1030. The van der Waals surface area contributed by atoms with Crippen LogP contribution in [0.1, 0.15) is 278 Å². The monoisotopic (exact) mass is 857 g/mol. The third-order valence-corrected chi connectivity index (χ3v) is 11.6. The Morgan fingerprint density at radius 1 is 0.328 bits per heavy atom. The van der Waals surface area contributed by atoms with Crippen molar-refractivity contribution in [1.82, 2.24) is 0 Å². The van der Waals surface area contributed by atoms with Crippen molar-refractivity contribution >= 4 is 17.9 Å². The molecule has 61 heavy (non-hydrogen) atoms. The molecule has 0 aromatic carbocycles. The molecule has 0 aliphatic carbocycles. The number of hydrogen-bond donors (Lipinski definition) is 0. The van der Waals surface area contributed by atoms with Crippen molar-refractivity contribution in [2.24, 2.45) is 0 Å². The Labute approximate surface area is 378 Å². The molecule has 0 amide bonds. The molecular weight excluding hydrogens is 757 g/mol. The van der Waals surface area contributed by atoms with Gasteiger partial charge in [0, 0.05) is 19.3 Å². The van der Waals surface area contributed by atoms with Gasteiger partial charge in [-0.05, 0) is 70.6 Å². The van der Waals surface area contributed by atoms with Crippen LogP contribution in [0, 0.1) is 0 Å². The first-order valence-electron chi connectivity index (χ1n) is 26.5. The van der Waals surface area contributed by atoms with Gasteiger partial charge in [-0.3, -0.25) is 14.4 Å². The van der Waals surface area contributed by atoms with Gasteiger partial charge in [0.15, 0.2) is 6.10 Å². The minimum Gasteiger partial charge on any atom is -0.462 e. The molecule has 0 rings (SSSR count). The summed E-state index contributed by atoms with van der Waals surface area (Å²) in [6.45, 7) is 6.59. The van der Waals surface area contributed by atoms with Crippen molar-refractivity contribution < 1.29 is 28.6 Å². The number of hydrogen-bond acceptors (Lipinski definition) is 6. The quantitative estimate of drug-likeness (QED) is 0.0199. The number of carbonyl (C=O) groups is 3. The average molecular weight is 857 g/mol. The molecular formula is C55H100O6. The highest BCUT2D eigenvalue weighted by molar-refractivity contribution is 5.71. The molecule has 6 nitrogen and oxygen atoms in total. The second kappa shape index (κ2) is 50.3. The fourth-order valence-electron chi connectivity index (χ4n) is 7.60. The molecule has 0 saturated heterocycles. The van der Waals surface area contributed by atoms with E-state index in [-0.39, 0.29) is 31.1 Å². The van der Waals surface area contributed by atoms with Crippen molar-refractivity contribution in [3.8, 4) is 0 Å². The Hall–Kier alpha value is -2.37. The van der Waals surface area contributed by atoms with Crippen LogP contribution in [0.4, 0.5) is 0 Å². The zero-order chi connectivity index (χ0) is 44.4. The molecule has 0 radical (unpaired) electrons. The molecule has 0 aliphatic heterocycles. The lowest BCUT2D eigenvalue weighted by molar-refractivity contribution is -0.167. The van der Waals surface area contributed by atoms with Crippen LogP contribution in [0.2, 0.25) is 0 Å². The Morgan fingerprint density at radius 3 is 0.967 bits per heavy atom. The van der Waals surface area contributed by atoms with Gasteiger partial charge in [0.25, 0.3) is 0 Å². The fraction of sp³-hybridized carbons (Fsp3) is 0.836. The van der Waals surface area contributed by atoms with E-state index in [9.17, 15) is 14.4 Å². The van der Waals surface area contributed by atoms with E-state index >= 15 is 0 Å². The summed E-state index contributed by atoms with van der Waals surface area (Å²) in [4.78, 5) is 37.9. The summed E-state index contributed by atoms with van der Waals surface area (Å²) in [6.07, 6.45) is 58.4. The molecule has 0 spiro atoms. The molecule has 1 unspecified atom stereocenters. The molecule has 6 heteroatoms. The van der Waals surface area contributed by atoms with E-state index in [0.29, 0.717) is 19.3 Å². The Kier molecular flexibility index (Phi) is 48.3. The Balaban J connectivity index is 4.28. The highest BCUT2D eigenvalue weighted by atomic mass is 16.6. The standard InChI is InChI=1S/C55H100O6/c1-4-7-10-13-16-19-21-23-25-26-27-28-30-31-33-36-39-42-45-48-54(57)60-51-52(50-59-53(56)47-44-41-38-35-18-15-12-9-6-3)61-55(58)49-46-43-40-37-34-32-29-24-22-20-17-14-11-8-5-2/h16,19-23,52H,4-15,17-18,24-51H2,1-3H3/b19-16-,22-20-,23-21-. The van der Waals surface area contributed by atoms with Gasteiger partial charge >= 0.3 is 17.9 Å². The van der Waals surface area contributed by atoms with E-state index in [1.807, 2.05) is 0 Å². The van der Waals surface area contributed by atoms with Crippen LogP contribution in [-0.2, 0) is 28.6 Å². The number of allylic oxidation sites excluding steroid dienone is 6. The van der Waals surface area contributed by atoms with E-state index in [0.717, 1.165) is 57.8 Å². The van der Waals surface area contributed by atoms with Gasteiger partial charge in [0.05, 0.1) is 0 Å². The van der Waals surface area contributed by atoms with Gasteiger partial charge in [-0.1, -0.05) is 224 Å². The second-order valence-electron chi connectivity index (χ2n) is 17.8. The third-order valence-electron chi connectivity index (χ3n) is 11.6. The van der Waals surface area contributed by atoms with E-state index in [2.05, 4.69) is 57.2 Å². The maximum absolute atomic E-state index is 12.8. The minimum absolute atomic E-state index is 0.0722. The SMILES string of the molecule is CCCCC/C=C\C=C/CCCCCCCCCCCCC(=O)OCC(COC(=O)CCCCCCCCCCC)OC(=O)CCCCCCCCC/C=C\CCCCCC. The molecule has 356 valence electrons. The van der Waals surface area contributed by atoms with E-state index < -0.39 is 6.10 Å². The Morgan fingerprint density at radius 2 is 0.590 bits per heavy atom. The molecule has 0 bridgehead atoms. The van der Waals surface area contributed by atoms with Crippen molar-refractivity contribution in [2.75, 3.05) is 13.2 Å². The summed E-state index contributed by atoms with van der Waals surface area (Å²) in [6, 6.07) is 0. The maximum atomic E-state index is 12.8. The topological polar surface area (TPSA) is 78.9 Å². The summed E-state index contributed by atoms with van der Waals surface area (Å²) in [5.74, 6) is -0.873. The van der Waals surface area contributed by atoms with Crippen LogP contribution in [0.3, 0.4) is 0 Å². The predicted molar refractivity (Wildman–Crippen MR) is 261 cm³/mol. The molecule has 0 heterocycles. The zero-order valence-electron chi connectivity index (χ0n) is 40.7. The van der Waals surface area contributed by atoms with Gasteiger partial charge < -0.3 is 14.2 Å². The van der Waals surface area contributed by atoms with Crippen LogP contribution in [0.25, 0.3) is 0 Å². The molecule has 0 aromatic heterocycles. The van der Waals surface area contributed by atoms with Crippen molar-refractivity contribution in [1.29, 1.82) is 0 Å². The average Bonchev–Trinajstić information content (AvgIpc) is 3.26. The predicted octanol–water partition coefficient (Wildman–Crippen LogP) is 17.3. The molecule has 0 fully saturated rings. The molecule has 0 aliphatic rings. The highest BCUT2D eigenvalue weighted by Gasteiger charge is 2.19. The second-order valence-corrected chi connectivity index (χ2v) is 17.8. The van der Waals surface area contributed by atoms with Crippen LogP contribution >= 0.6 is 0 Å². The lowest BCUT2D eigenvalue weighted by Gasteiger charge is -2.18. The molecule has 1 atom stereocenters. The lowest BCUT2D eigenvalue weighted by Crippen LogP contribution is -2.30. The number of unbranched alkanes of at least 4 members (excludes halogenated alkanes) is 32. The summed E-state index contributed by atoms with van der Waals surface area (Å²) in [5.41, 5.74) is 0. The van der Waals surface area contributed by atoms with E-state index in [1.54, 1.807) is 0 Å². The van der Waals surface area contributed by atoms with Gasteiger partial charge in [0.1, 0.15) is 13.2 Å². The van der Waals surface area contributed by atoms with Gasteiger partial charge in [-0.2, -0.15) is 0 Å². The van der Waals surface area contributed by atoms with Gasteiger partial charge in [-0.15, -0.1) is 0 Å². The highest BCUT2D eigenvalue weighted by Crippen LogP contribution is 2.15. The van der Waals surface area contributed by atoms with Gasteiger partial charge in [0.2, 0.25) is 0 Å². The smallest absolute Gasteiger partial charge is 0.306 e. The van der Waals surface area contributed by atoms with Crippen LogP contribution in [-0.4, -0.2) is 37.2 Å². The van der Waals surface area contributed by atoms with Crippen molar-refractivity contribution in [3.63, 3.8) is 0 Å². The van der Waals surface area contributed by atoms with Crippen LogP contribution in [0.15, 0.2) is 36.5 Å². The zero-order valence-corrected chi connectivity index (χ0v) is 40.7. The number of ether oxygens (including phenoxy) is 3. The maximum Gasteiger partial charge on any atom is 0.306 e. The number of esters is 3. The molecule has 0 N–H and O–H groups in total. The first kappa shape index (κ1) is 58.6. The van der Waals surface area contributed by atoms with Crippen molar-refractivity contribution in [3.05, 3.63) is 36.5 Å². The third kappa shape index (κ3) is 48.5.